The number of rotatable bonds is 6. The molecule has 0 N–H and O–H groups in total. The normalized spacial score (nSPS) is 17.8. The van der Waals surface area contributed by atoms with Crippen LogP contribution in [0, 0.1) is 0 Å². The molecule has 4 rings (SSSR count). The summed E-state index contributed by atoms with van der Waals surface area (Å²) < 4.78 is 0. The molecule has 0 spiro atoms. The highest BCUT2D eigenvalue weighted by Crippen LogP contribution is 2.27. The molecule has 1 fully saturated rings. The summed E-state index contributed by atoms with van der Waals surface area (Å²) in [6.45, 7) is 5.96. The molecule has 2 heterocycles. The van der Waals surface area contributed by atoms with Gasteiger partial charge < -0.3 is 4.90 Å². The first kappa shape index (κ1) is 20.4. The second-order valence-corrected chi connectivity index (χ2v) is 8.28. The van der Waals surface area contributed by atoms with Gasteiger partial charge in [0.05, 0.1) is 21.2 Å². The van der Waals surface area contributed by atoms with E-state index in [4.69, 9.17) is 23.2 Å². The van der Waals surface area contributed by atoms with Crippen molar-refractivity contribution in [3.05, 3.63) is 69.2 Å². The predicted octanol–water partition coefficient (Wildman–Crippen LogP) is 3.80. The van der Waals surface area contributed by atoms with E-state index in [1.807, 2.05) is 12.1 Å². The highest BCUT2D eigenvalue weighted by atomic mass is 35.5. The van der Waals surface area contributed by atoms with Gasteiger partial charge in [0.25, 0.3) is 11.8 Å². The fraction of sp³-hybridized carbons (Fsp3) is 0.364. The molecule has 0 saturated carbocycles. The number of amides is 2. The molecule has 29 heavy (non-hydrogen) atoms. The minimum Gasteiger partial charge on any atom is -0.301 e. The first-order valence-electron chi connectivity index (χ1n) is 9.87. The van der Waals surface area contributed by atoms with Gasteiger partial charge in [0, 0.05) is 39.3 Å². The van der Waals surface area contributed by atoms with Crippen LogP contribution in [-0.4, -0.2) is 65.8 Å². The van der Waals surface area contributed by atoms with Gasteiger partial charge >= 0.3 is 0 Å². The van der Waals surface area contributed by atoms with Gasteiger partial charge in [0.15, 0.2) is 0 Å². The summed E-state index contributed by atoms with van der Waals surface area (Å²) in [5, 5.41) is 1.23. The number of hydrogen-bond donors (Lipinski definition) is 0. The van der Waals surface area contributed by atoms with Crippen LogP contribution in [0.15, 0.2) is 42.5 Å². The minimum atomic E-state index is -0.172. The summed E-state index contributed by atoms with van der Waals surface area (Å²) in [6, 6.07) is 12.8. The van der Waals surface area contributed by atoms with E-state index < -0.39 is 0 Å². The summed E-state index contributed by atoms with van der Waals surface area (Å²) in [5.74, 6) is -0.345. The van der Waals surface area contributed by atoms with E-state index in [0.29, 0.717) is 27.7 Å². The molecule has 5 nitrogen and oxygen atoms in total. The predicted molar refractivity (Wildman–Crippen MR) is 115 cm³/mol. The van der Waals surface area contributed by atoms with Crippen molar-refractivity contribution >= 4 is 35.0 Å². The average Bonchev–Trinajstić information content (AvgIpc) is 2.98. The van der Waals surface area contributed by atoms with Crippen molar-refractivity contribution < 1.29 is 9.59 Å². The lowest BCUT2D eigenvalue weighted by Gasteiger charge is -2.35. The molecule has 2 aromatic carbocycles. The number of imide groups is 1. The van der Waals surface area contributed by atoms with Gasteiger partial charge in [-0.1, -0.05) is 47.5 Å². The molecule has 152 valence electrons. The lowest BCUT2D eigenvalue weighted by Crippen LogP contribution is -2.46. The Morgan fingerprint density at radius 3 is 2.03 bits per heavy atom. The van der Waals surface area contributed by atoms with Crippen LogP contribution in [0.2, 0.25) is 10.0 Å². The van der Waals surface area contributed by atoms with Crippen molar-refractivity contribution in [1.82, 2.24) is 14.7 Å². The quantitative estimate of drug-likeness (QED) is 0.652. The molecule has 0 atom stereocenters. The zero-order valence-electron chi connectivity index (χ0n) is 16.1. The van der Waals surface area contributed by atoms with Crippen molar-refractivity contribution in [2.75, 3.05) is 39.3 Å². The first-order chi connectivity index (χ1) is 14.0. The number of fused-ring (bicyclic) bond motifs is 1. The second-order valence-electron chi connectivity index (χ2n) is 7.49. The zero-order valence-corrected chi connectivity index (χ0v) is 17.6. The molecular formula is C22H23Cl2N3O2. The maximum absolute atomic E-state index is 12.4. The fourth-order valence-corrected chi connectivity index (χ4v) is 4.36. The van der Waals surface area contributed by atoms with Crippen molar-refractivity contribution in [3.8, 4) is 0 Å². The van der Waals surface area contributed by atoms with Crippen LogP contribution in [0.5, 0.6) is 0 Å². The van der Waals surface area contributed by atoms with Gasteiger partial charge in [-0.2, -0.15) is 0 Å². The van der Waals surface area contributed by atoms with E-state index in [1.165, 1.54) is 4.90 Å². The van der Waals surface area contributed by atoms with Gasteiger partial charge in [-0.3, -0.25) is 19.4 Å². The molecular weight excluding hydrogens is 409 g/mol. The van der Waals surface area contributed by atoms with Gasteiger partial charge in [0.1, 0.15) is 0 Å². The number of benzene rings is 2. The lowest BCUT2D eigenvalue weighted by molar-refractivity contribution is 0.0640. The van der Waals surface area contributed by atoms with Crippen LogP contribution in [0.4, 0.5) is 0 Å². The summed E-state index contributed by atoms with van der Waals surface area (Å²) in [6.07, 6.45) is 0.783. The van der Waals surface area contributed by atoms with Crippen molar-refractivity contribution in [2.45, 2.75) is 13.0 Å². The molecule has 1 saturated heterocycles. The number of carbonyl (C=O) groups excluding carboxylic acids is 2. The summed E-state index contributed by atoms with van der Waals surface area (Å²) >= 11 is 12.4. The monoisotopic (exact) mass is 431 g/mol. The van der Waals surface area contributed by atoms with Crippen LogP contribution >= 0.6 is 23.2 Å². The number of carbonyl (C=O) groups is 2. The van der Waals surface area contributed by atoms with E-state index >= 15 is 0 Å². The van der Waals surface area contributed by atoms with Crippen LogP contribution in [0.25, 0.3) is 0 Å². The van der Waals surface area contributed by atoms with Gasteiger partial charge in [-0.05, 0) is 36.7 Å². The summed E-state index contributed by atoms with van der Waals surface area (Å²) in [7, 11) is 0. The summed E-state index contributed by atoms with van der Waals surface area (Å²) in [4.78, 5) is 31.0. The van der Waals surface area contributed by atoms with E-state index in [9.17, 15) is 9.59 Å². The SMILES string of the molecule is O=C1c2ccccc2C(=O)N1CCCN1CCN(Cc2cccc(Cl)c2Cl)CC1. The Bertz CT molecular complexity index is 891. The van der Waals surface area contributed by atoms with E-state index in [0.717, 1.165) is 51.3 Å². The van der Waals surface area contributed by atoms with E-state index in [-0.39, 0.29) is 11.8 Å². The largest absolute Gasteiger partial charge is 0.301 e. The Labute approximate surface area is 180 Å². The Morgan fingerprint density at radius 2 is 1.38 bits per heavy atom. The van der Waals surface area contributed by atoms with Gasteiger partial charge in [0.2, 0.25) is 0 Å². The summed E-state index contributed by atoms with van der Waals surface area (Å²) in [5.41, 5.74) is 2.09. The minimum absolute atomic E-state index is 0.172. The molecule has 0 aliphatic carbocycles. The fourth-order valence-electron chi connectivity index (χ4n) is 3.98. The Kier molecular flexibility index (Phi) is 6.20. The van der Waals surface area contributed by atoms with Crippen LogP contribution < -0.4 is 0 Å². The third kappa shape index (κ3) is 4.33. The smallest absolute Gasteiger partial charge is 0.261 e. The molecule has 2 aliphatic heterocycles. The van der Waals surface area contributed by atoms with Crippen molar-refractivity contribution in [3.63, 3.8) is 0 Å². The third-order valence-electron chi connectivity index (χ3n) is 5.62. The molecule has 0 bridgehead atoms. The van der Waals surface area contributed by atoms with Gasteiger partial charge in [-0.15, -0.1) is 0 Å². The molecule has 0 unspecified atom stereocenters. The molecule has 2 amide bonds. The van der Waals surface area contributed by atoms with Crippen LogP contribution in [0.3, 0.4) is 0 Å². The zero-order chi connectivity index (χ0) is 20.4. The maximum atomic E-state index is 12.4. The standard InChI is InChI=1S/C22H23Cl2N3O2/c23-19-8-3-5-16(20(19)24)15-26-13-11-25(12-14-26)9-4-10-27-21(28)17-6-1-2-7-18(17)22(27)29/h1-3,5-8H,4,9-15H2. The first-order valence-corrected chi connectivity index (χ1v) is 10.6. The molecule has 2 aromatic rings. The highest BCUT2D eigenvalue weighted by Gasteiger charge is 2.34. The Hall–Kier alpha value is -1.92. The van der Waals surface area contributed by atoms with Crippen molar-refractivity contribution in [1.29, 1.82) is 0 Å². The highest BCUT2D eigenvalue weighted by molar-refractivity contribution is 6.42. The number of hydrogen-bond acceptors (Lipinski definition) is 4. The van der Waals surface area contributed by atoms with Gasteiger partial charge in [-0.25, -0.2) is 0 Å². The van der Waals surface area contributed by atoms with E-state index in [1.54, 1.807) is 30.3 Å². The topological polar surface area (TPSA) is 43.9 Å². The molecule has 0 aromatic heterocycles. The number of nitrogens with zero attached hydrogens (tertiary/aromatic N) is 3. The molecule has 7 heteroatoms. The van der Waals surface area contributed by atoms with Crippen LogP contribution in [0.1, 0.15) is 32.7 Å². The second kappa shape index (κ2) is 8.84. The Balaban J connectivity index is 1.22. The molecule has 0 radical (unpaired) electrons. The number of piperazine rings is 1. The number of halogens is 2. The van der Waals surface area contributed by atoms with Crippen molar-refractivity contribution in [2.24, 2.45) is 0 Å². The van der Waals surface area contributed by atoms with E-state index in [2.05, 4.69) is 9.80 Å². The Morgan fingerprint density at radius 1 is 0.759 bits per heavy atom. The maximum Gasteiger partial charge on any atom is 0.261 e. The van der Waals surface area contributed by atoms with Crippen LogP contribution in [-0.2, 0) is 6.54 Å². The lowest BCUT2D eigenvalue weighted by atomic mass is 10.1. The molecule has 2 aliphatic rings. The average molecular weight is 432 g/mol. The third-order valence-corrected chi connectivity index (χ3v) is 6.48.